The van der Waals surface area contributed by atoms with Gasteiger partial charge in [0, 0.05) is 12.6 Å². The van der Waals surface area contributed by atoms with Crippen LogP contribution in [0.3, 0.4) is 0 Å². The average Bonchev–Trinajstić information content (AvgIpc) is 3.24. The van der Waals surface area contributed by atoms with E-state index in [1.165, 1.54) is 12.2 Å². The van der Waals surface area contributed by atoms with E-state index in [4.69, 9.17) is 18.6 Å². The van der Waals surface area contributed by atoms with Crippen LogP contribution in [0.2, 0.25) is 0 Å². The smallest absolute Gasteiger partial charge is 0.331 e. The van der Waals surface area contributed by atoms with E-state index in [9.17, 15) is 9.59 Å². The number of carbonyl (C=O) groups is 2. The Morgan fingerprint density at radius 2 is 2.04 bits per heavy atom. The van der Waals surface area contributed by atoms with E-state index in [1.807, 2.05) is 6.07 Å². The van der Waals surface area contributed by atoms with Crippen LogP contribution < -0.4 is 14.8 Å². The highest BCUT2D eigenvalue weighted by atomic mass is 16.7. The number of fused-ring (bicyclic) bond motifs is 1. The lowest BCUT2D eigenvalue weighted by Gasteiger charge is -2.06. The summed E-state index contributed by atoms with van der Waals surface area (Å²) in [5.41, 5.74) is 0.858. The first-order chi connectivity index (χ1) is 12.1. The van der Waals surface area contributed by atoms with Gasteiger partial charge in [-0.2, -0.15) is 0 Å². The Hall–Kier alpha value is -3.22. The molecule has 0 fully saturated rings. The van der Waals surface area contributed by atoms with Crippen molar-refractivity contribution in [2.75, 3.05) is 13.4 Å². The third-order valence-corrected chi connectivity index (χ3v) is 3.42. The van der Waals surface area contributed by atoms with Gasteiger partial charge in [0.1, 0.15) is 11.5 Å². The fraction of sp³-hybridized carbons (Fsp3) is 0.222. The Kier molecular flexibility index (Phi) is 5.03. The molecule has 2 aromatic rings. The minimum atomic E-state index is -0.618. The van der Waals surface area contributed by atoms with Gasteiger partial charge >= 0.3 is 5.97 Å². The Bertz CT molecular complexity index is 808. The molecular weight excluding hydrogens is 326 g/mol. The zero-order chi connectivity index (χ0) is 17.6. The second-order valence-electron chi connectivity index (χ2n) is 5.35. The predicted octanol–water partition coefficient (Wildman–Crippen LogP) is 2.19. The first-order valence-corrected chi connectivity index (χ1v) is 7.66. The van der Waals surface area contributed by atoms with Crippen LogP contribution in [-0.4, -0.2) is 25.3 Å². The maximum Gasteiger partial charge on any atom is 0.331 e. The van der Waals surface area contributed by atoms with Crippen LogP contribution in [0.4, 0.5) is 0 Å². The van der Waals surface area contributed by atoms with Crippen molar-refractivity contribution in [3.05, 3.63) is 53.5 Å². The zero-order valence-electron chi connectivity index (χ0n) is 13.6. The molecule has 130 valence electrons. The number of amides is 1. The fourth-order valence-electron chi connectivity index (χ4n) is 2.18. The number of carbonyl (C=O) groups excluding carboxylic acids is 2. The quantitative estimate of drug-likeness (QED) is 0.639. The van der Waals surface area contributed by atoms with Gasteiger partial charge in [0.05, 0.1) is 0 Å². The Morgan fingerprint density at radius 3 is 2.84 bits per heavy atom. The molecule has 0 saturated heterocycles. The normalized spacial score (nSPS) is 12.4. The Balaban J connectivity index is 1.40. The van der Waals surface area contributed by atoms with Crippen molar-refractivity contribution in [3.63, 3.8) is 0 Å². The highest BCUT2D eigenvalue weighted by Gasteiger charge is 2.13. The van der Waals surface area contributed by atoms with Crippen molar-refractivity contribution >= 4 is 18.0 Å². The predicted molar refractivity (Wildman–Crippen MR) is 87.8 cm³/mol. The summed E-state index contributed by atoms with van der Waals surface area (Å²) < 4.78 is 20.6. The van der Waals surface area contributed by atoms with Gasteiger partial charge in [-0.1, -0.05) is 6.07 Å². The largest absolute Gasteiger partial charge is 0.462 e. The monoisotopic (exact) mass is 343 g/mol. The lowest BCUT2D eigenvalue weighted by atomic mass is 10.2. The van der Waals surface area contributed by atoms with E-state index in [2.05, 4.69) is 5.32 Å². The molecule has 2 heterocycles. The van der Waals surface area contributed by atoms with Crippen LogP contribution in [0.25, 0.3) is 6.08 Å². The number of esters is 1. The highest BCUT2D eigenvalue weighted by Crippen LogP contribution is 2.32. The van der Waals surface area contributed by atoms with Crippen LogP contribution in [-0.2, 0) is 20.9 Å². The molecule has 0 atom stereocenters. The van der Waals surface area contributed by atoms with Gasteiger partial charge in [-0.25, -0.2) is 4.79 Å². The zero-order valence-corrected chi connectivity index (χ0v) is 13.6. The number of rotatable bonds is 6. The maximum absolute atomic E-state index is 11.7. The summed E-state index contributed by atoms with van der Waals surface area (Å²) in [6.45, 7) is 1.95. The summed E-state index contributed by atoms with van der Waals surface area (Å²) in [6.07, 6.45) is 2.70. The molecule has 3 rings (SSSR count). The first-order valence-electron chi connectivity index (χ1n) is 7.66. The van der Waals surface area contributed by atoms with E-state index in [1.54, 1.807) is 31.2 Å². The van der Waals surface area contributed by atoms with E-state index in [0.29, 0.717) is 23.8 Å². The number of hydrogen-bond acceptors (Lipinski definition) is 6. The molecule has 0 radical (unpaired) electrons. The van der Waals surface area contributed by atoms with Crippen LogP contribution in [0.15, 0.2) is 40.8 Å². The number of hydrogen-bond donors (Lipinski definition) is 1. The van der Waals surface area contributed by atoms with Crippen LogP contribution in [0, 0.1) is 6.92 Å². The van der Waals surface area contributed by atoms with Crippen molar-refractivity contribution in [3.8, 4) is 11.5 Å². The number of aryl methyl sites for hydroxylation is 1. The van der Waals surface area contributed by atoms with Crippen LogP contribution in [0.5, 0.6) is 11.5 Å². The lowest BCUT2D eigenvalue weighted by molar-refractivity contribution is -0.143. The number of furan rings is 1. The molecule has 0 saturated carbocycles. The summed E-state index contributed by atoms with van der Waals surface area (Å²) in [4.78, 5) is 23.3. The molecule has 0 unspecified atom stereocenters. The average molecular weight is 343 g/mol. The van der Waals surface area contributed by atoms with Gasteiger partial charge in [-0.15, -0.1) is 0 Å². The molecule has 1 aromatic heterocycles. The molecule has 25 heavy (non-hydrogen) atoms. The van der Waals surface area contributed by atoms with Crippen molar-refractivity contribution in [1.82, 2.24) is 5.32 Å². The van der Waals surface area contributed by atoms with Crippen LogP contribution >= 0.6 is 0 Å². The third-order valence-electron chi connectivity index (χ3n) is 3.42. The number of ether oxygens (including phenoxy) is 3. The van der Waals surface area contributed by atoms with Crippen LogP contribution in [0.1, 0.15) is 17.1 Å². The lowest BCUT2D eigenvalue weighted by Crippen LogP contribution is -2.28. The van der Waals surface area contributed by atoms with Gasteiger partial charge in [0.25, 0.3) is 5.91 Å². The maximum atomic E-state index is 11.7. The second kappa shape index (κ2) is 7.57. The van der Waals surface area contributed by atoms with Crippen molar-refractivity contribution in [2.24, 2.45) is 0 Å². The van der Waals surface area contributed by atoms with Gasteiger partial charge < -0.3 is 23.9 Å². The SMILES string of the molecule is Cc1ccc(C=CC(=O)OCC(=O)NCc2ccc3c(c2)OCO3)o1. The van der Waals surface area contributed by atoms with E-state index < -0.39 is 11.9 Å². The molecule has 0 aliphatic carbocycles. The minimum Gasteiger partial charge on any atom is -0.462 e. The molecule has 7 heteroatoms. The first kappa shape index (κ1) is 16.6. The fourth-order valence-corrected chi connectivity index (χ4v) is 2.18. The van der Waals surface area contributed by atoms with Crippen molar-refractivity contribution in [1.29, 1.82) is 0 Å². The van der Waals surface area contributed by atoms with E-state index in [0.717, 1.165) is 11.3 Å². The van der Waals surface area contributed by atoms with Gasteiger partial charge in [-0.05, 0) is 42.8 Å². The second-order valence-corrected chi connectivity index (χ2v) is 5.35. The summed E-state index contributed by atoms with van der Waals surface area (Å²) in [5, 5.41) is 2.67. The van der Waals surface area contributed by atoms with E-state index >= 15 is 0 Å². The molecular formula is C18H17NO6. The molecule has 1 amide bonds. The van der Waals surface area contributed by atoms with Gasteiger partial charge in [0.15, 0.2) is 18.1 Å². The summed E-state index contributed by atoms with van der Waals surface area (Å²) in [5.74, 6) is 1.61. The topological polar surface area (TPSA) is 87.0 Å². The molecule has 1 aliphatic rings. The molecule has 1 aromatic carbocycles. The van der Waals surface area contributed by atoms with Gasteiger partial charge in [0.2, 0.25) is 6.79 Å². The molecule has 1 N–H and O–H groups in total. The highest BCUT2D eigenvalue weighted by molar-refractivity contribution is 5.88. The molecule has 0 spiro atoms. The third kappa shape index (κ3) is 4.63. The van der Waals surface area contributed by atoms with Crippen molar-refractivity contribution in [2.45, 2.75) is 13.5 Å². The summed E-state index contributed by atoms with van der Waals surface area (Å²) >= 11 is 0. The van der Waals surface area contributed by atoms with E-state index in [-0.39, 0.29) is 13.4 Å². The Morgan fingerprint density at radius 1 is 1.20 bits per heavy atom. The number of benzene rings is 1. The minimum absolute atomic E-state index is 0.201. The van der Waals surface area contributed by atoms with Crippen molar-refractivity contribution < 1.29 is 28.2 Å². The van der Waals surface area contributed by atoms with Gasteiger partial charge in [-0.3, -0.25) is 4.79 Å². The summed E-state index contributed by atoms with van der Waals surface area (Å²) in [6, 6.07) is 8.92. The molecule has 7 nitrogen and oxygen atoms in total. The summed E-state index contributed by atoms with van der Waals surface area (Å²) in [7, 11) is 0. The number of nitrogens with one attached hydrogen (secondary N) is 1. The molecule has 1 aliphatic heterocycles. The molecule has 0 bridgehead atoms. The Labute approximate surface area is 144 Å². The standard InChI is InChI=1S/C18H17NO6/c1-12-2-4-14(25-12)5-7-18(21)22-10-17(20)19-9-13-3-6-15-16(8-13)24-11-23-15/h2-8H,9-11H2,1H3,(H,19,20).